The number of hydrogen-bond acceptors (Lipinski definition) is 5. The summed E-state index contributed by atoms with van der Waals surface area (Å²) < 4.78 is 10.7. The van der Waals surface area contributed by atoms with Crippen molar-refractivity contribution in [2.45, 2.75) is 180 Å². The summed E-state index contributed by atoms with van der Waals surface area (Å²) in [7, 11) is 0. The van der Waals surface area contributed by atoms with Crippen molar-refractivity contribution in [1.82, 2.24) is 0 Å². The minimum atomic E-state index is -0.563. The molecule has 0 saturated carbocycles. The van der Waals surface area contributed by atoms with Crippen LogP contribution < -0.4 is 5.73 Å². The van der Waals surface area contributed by atoms with Gasteiger partial charge in [-0.25, -0.2) is 0 Å². The van der Waals surface area contributed by atoms with Crippen LogP contribution >= 0.6 is 0 Å². The maximum Gasteiger partial charge on any atom is 0.305 e. The molecule has 2 N–H and O–H groups in total. The Hall–Kier alpha value is -1.10. The minimum absolute atomic E-state index is 0.184. The summed E-state index contributed by atoms with van der Waals surface area (Å²) in [5.41, 5.74) is 5.76. The maximum atomic E-state index is 12.0. The molecule has 0 aliphatic heterocycles. The van der Waals surface area contributed by atoms with Crippen LogP contribution in [0.25, 0.3) is 0 Å². The second kappa shape index (κ2) is 26.5. The molecule has 0 aromatic carbocycles. The molecule has 0 atom stereocenters. The van der Waals surface area contributed by atoms with Gasteiger partial charge in [0.15, 0.2) is 0 Å². The number of rotatable bonds is 28. The van der Waals surface area contributed by atoms with E-state index in [0.717, 1.165) is 25.7 Å². The Balaban J connectivity index is 3.57. The van der Waals surface area contributed by atoms with Crippen LogP contribution in [0, 0.1) is 0 Å². The zero-order chi connectivity index (χ0) is 27.5. The Bertz CT molecular complexity index is 477. The van der Waals surface area contributed by atoms with Crippen molar-refractivity contribution in [1.29, 1.82) is 0 Å². The van der Waals surface area contributed by atoms with Gasteiger partial charge in [-0.2, -0.15) is 0 Å². The van der Waals surface area contributed by atoms with Crippen LogP contribution in [0.4, 0.5) is 0 Å². The Morgan fingerprint density at radius 1 is 0.514 bits per heavy atom. The molecule has 0 fully saturated rings. The molecule has 0 radical (unpaired) electrons. The fourth-order valence-electron chi connectivity index (χ4n) is 4.60. The Morgan fingerprint density at radius 2 is 0.784 bits per heavy atom. The third kappa shape index (κ3) is 27.7. The predicted octanol–water partition coefficient (Wildman–Crippen LogP) is 9.19. The molecule has 0 aliphatic carbocycles. The Labute approximate surface area is 230 Å². The van der Waals surface area contributed by atoms with Gasteiger partial charge in [-0.15, -0.1) is 0 Å². The van der Waals surface area contributed by atoms with Gasteiger partial charge in [0.05, 0.1) is 13.2 Å². The molecule has 5 heteroatoms. The average Bonchev–Trinajstić information content (AvgIpc) is 2.88. The van der Waals surface area contributed by atoms with Gasteiger partial charge in [-0.3, -0.25) is 9.59 Å². The van der Waals surface area contributed by atoms with E-state index < -0.39 is 5.54 Å². The van der Waals surface area contributed by atoms with Crippen LogP contribution in [0.15, 0.2) is 0 Å². The van der Waals surface area contributed by atoms with Crippen molar-refractivity contribution < 1.29 is 19.1 Å². The molecule has 5 nitrogen and oxygen atoms in total. The van der Waals surface area contributed by atoms with E-state index in [9.17, 15) is 9.59 Å². The quantitative estimate of drug-likeness (QED) is 0.0813. The first-order chi connectivity index (χ1) is 17.9. The van der Waals surface area contributed by atoms with E-state index in [4.69, 9.17) is 15.2 Å². The molecule has 0 amide bonds. The van der Waals surface area contributed by atoms with E-state index in [1.54, 1.807) is 0 Å². The highest BCUT2D eigenvalue weighted by Crippen LogP contribution is 2.17. The van der Waals surface area contributed by atoms with Crippen molar-refractivity contribution in [2.24, 2.45) is 5.73 Å². The highest BCUT2D eigenvalue weighted by Gasteiger charge is 2.22. The summed E-state index contributed by atoms with van der Waals surface area (Å²) >= 11 is 0. The SMILES string of the molecule is CCCCCCCCCCCCOC(=O)CCC(C)(N)CCC(=O)OCCCCCCCCCCCC. The number of hydrogen-bond donors (Lipinski definition) is 1. The highest BCUT2D eigenvalue weighted by molar-refractivity contribution is 5.70. The van der Waals surface area contributed by atoms with Gasteiger partial charge >= 0.3 is 11.9 Å². The smallest absolute Gasteiger partial charge is 0.305 e. The van der Waals surface area contributed by atoms with Gasteiger partial charge in [0.1, 0.15) is 0 Å². The summed E-state index contributed by atoms with van der Waals surface area (Å²) in [6.07, 6.45) is 27.0. The number of carbonyl (C=O) groups is 2. The van der Waals surface area contributed by atoms with E-state index in [0.29, 0.717) is 38.9 Å². The van der Waals surface area contributed by atoms with Crippen LogP contribution in [-0.4, -0.2) is 30.7 Å². The second-order valence-electron chi connectivity index (χ2n) is 11.5. The Morgan fingerprint density at radius 3 is 1.08 bits per heavy atom. The van der Waals surface area contributed by atoms with Crippen LogP contribution in [0.1, 0.15) is 175 Å². The van der Waals surface area contributed by atoms with Crippen LogP contribution in [-0.2, 0) is 19.1 Å². The summed E-state index contributed by atoms with van der Waals surface area (Å²) in [6, 6.07) is 0. The molecule has 0 bridgehead atoms. The molecule has 0 spiro atoms. The van der Waals surface area contributed by atoms with Gasteiger partial charge in [0, 0.05) is 18.4 Å². The Kier molecular flexibility index (Phi) is 25.7. The van der Waals surface area contributed by atoms with Gasteiger partial charge in [0.25, 0.3) is 0 Å². The molecular formula is C32H63NO4. The third-order valence-electron chi connectivity index (χ3n) is 7.32. The molecule has 0 aromatic heterocycles. The normalized spacial score (nSPS) is 11.6. The molecule has 0 unspecified atom stereocenters. The van der Waals surface area contributed by atoms with Gasteiger partial charge in [-0.1, -0.05) is 129 Å². The zero-order valence-corrected chi connectivity index (χ0v) is 25.1. The summed E-state index contributed by atoms with van der Waals surface area (Å²) in [6.45, 7) is 7.41. The third-order valence-corrected chi connectivity index (χ3v) is 7.32. The first-order valence-electron chi connectivity index (χ1n) is 16.0. The first-order valence-corrected chi connectivity index (χ1v) is 16.0. The second-order valence-corrected chi connectivity index (χ2v) is 11.5. The van der Waals surface area contributed by atoms with Crippen molar-refractivity contribution in [3.05, 3.63) is 0 Å². The highest BCUT2D eigenvalue weighted by atomic mass is 16.5. The lowest BCUT2D eigenvalue weighted by molar-refractivity contribution is -0.144. The average molecular weight is 526 g/mol. The summed E-state index contributed by atoms with van der Waals surface area (Å²) in [5.74, 6) is -0.368. The number of esters is 2. The molecule has 220 valence electrons. The number of unbranched alkanes of at least 4 members (excludes halogenated alkanes) is 18. The fourth-order valence-corrected chi connectivity index (χ4v) is 4.60. The van der Waals surface area contributed by atoms with Gasteiger partial charge < -0.3 is 15.2 Å². The number of ether oxygens (including phenoxy) is 2. The topological polar surface area (TPSA) is 78.6 Å². The zero-order valence-electron chi connectivity index (χ0n) is 25.1. The molecule has 0 heterocycles. The van der Waals surface area contributed by atoms with Gasteiger partial charge in [-0.05, 0) is 32.6 Å². The lowest BCUT2D eigenvalue weighted by Gasteiger charge is -2.23. The number of carbonyl (C=O) groups excluding carboxylic acids is 2. The fraction of sp³-hybridized carbons (Fsp3) is 0.938. The van der Waals surface area contributed by atoms with E-state index in [2.05, 4.69) is 13.8 Å². The van der Waals surface area contributed by atoms with Crippen molar-refractivity contribution in [3.63, 3.8) is 0 Å². The number of nitrogens with two attached hydrogens (primary N) is 1. The standard InChI is InChI=1S/C32H63NO4/c1-4-6-8-10-12-14-16-18-20-22-28-36-30(34)24-26-32(3,33)27-25-31(35)37-29-23-21-19-17-15-13-11-9-7-5-2/h4-29,33H2,1-3H3. The first kappa shape index (κ1) is 35.9. The molecular weight excluding hydrogens is 462 g/mol. The van der Waals surface area contributed by atoms with Crippen LogP contribution in [0.2, 0.25) is 0 Å². The van der Waals surface area contributed by atoms with Crippen LogP contribution in [0.5, 0.6) is 0 Å². The van der Waals surface area contributed by atoms with Crippen molar-refractivity contribution in [2.75, 3.05) is 13.2 Å². The molecule has 0 aromatic rings. The summed E-state index contributed by atoms with van der Waals surface area (Å²) in [5, 5.41) is 0. The van der Waals surface area contributed by atoms with Gasteiger partial charge in [0.2, 0.25) is 0 Å². The molecule has 37 heavy (non-hydrogen) atoms. The monoisotopic (exact) mass is 525 g/mol. The molecule has 0 saturated heterocycles. The largest absolute Gasteiger partial charge is 0.466 e. The molecule has 0 rings (SSSR count). The van der Waals surface area contributed by atoms with E-state index in [1.807, 2.05) is 6.92 Å². The summed E-state index contributed by atoms with van der Waals surface area (Å²) in [4.78, 5) is 24.1. The van der Waals surface area contributed by atoms with Crippen molar-refractivity contribution >= 4 is 11.9 Å². The van der Waals surface area contributed by atoms with E-state index in [-0.39, 0.29) is 11.9 Å². The minimum Gasteiger partial charge on any atom is -0.466 e. The van der Waals surface area contributed by atoms with E-state index >= 15 is 0 Å². The molecule has 0 aliphatic rings. The van der Waals surface area contributed by atoms with Crippen LogP contribution in [0.3, 0.4) is 0 Å². The van der Waals surface area contributed by atoms with Crippen molar-refractivity contribution in [3.8, 4) is 0 Å². The maximum absolute atomic E-state index is 12.0. The van der Waals surface area contributed by atoms with E-state index in [1.165, 1.54) is 103 Å². The lowest BCUT2D eigenvalue weighted by atomic mass is 9.91. The predicted molar refractivity (Wildman–Crippen MR) is 157 cm³/mol. The lowest BCUT2D eigenvalue weighted by Crippen LogP contribution is -2.37.